The second-order valence-electron chi connectivity index (χ2n) is 9.15. The van der Waals surface area contributed by atoms with Crippen LogP contribution in [0.3, 0.4) is 0 Å². The maximum atomic E-state index is 13.3. The van der Waals surface area contributed by atoms with E-state index in [9.17, 15) is 14.0 Å². The summed E-state index contributed by atoms with van der Waals surface area (Å²) in [7, 11) is 0. The molecule has 3 heterocycles. The van der Waals surface area contributed by atoms with E-state index in [1.165, 1.54) is 24.3 Å². The third kappa shape index (κ3) is 5.18. The van der Waals surface area contributed by atoms with Gasteiger partial charge in [0.05, 0.1) is 31.9 Å². The monoisotopic (exact) mass is 484 g/mol. The van der Waals surface area contributed by atoms with Crippen molar-refractivity contribution in [2.24, 2.45) is 5.92 Å². The van der Waals surface area contributed by atoms with Crippen molar-refractivity contribution in [3.05, 3.63) is 59.4 Å². The number of rotatable bonds is 6. The number of fused-ring (bicyclic) bond motifs is 1. The summed E-state index contributed by atoms with van der Waals surface area (Å²) in [6.07, 6.45) is -1.14. The first-order valence-electron chi connectivity index (χ1n) is 11.8. The molecule has 5 rings (SSSR count). The Morgan fingerprint density at radius 3 is 2.43 bits per heavy atom. The normalized spacial score (nSPS) is 22.5. The number of hydrogen-bond donors (Lipinski definition) is 3. The van der Waals surface area contributed by atoms with E-state index in [2.05, 4.69) is 20.4 Å². The minimum Gasteiger partial charge on any atom is -0.493 e. The Morgan fingerprint density at radius 1 is 1.03 bits per heavy atom. The van der Waals surface area contributed by atoms with Gasteiger partial charge in [0.2, 0.25) is 0 Å². The molecule has 0 aromatic heterocycles. The lowest BCUT2D eigenvalue weighted by molar-refractivity contribution is -0.0660. The van der Waals surface area contributed by atoms with Crippen LogP contribution in [0.5, 0.6) is 5.75 Å². The van der Waals surface area contributed by atoms with Gasteiger partial charge >= 0.3 is 6.09 Å². The summed E-state index contributed by atoms with van der Waals surface area (Å²) in [6, 6.07) is 11.3. The van der Waals surface area contributed by atoms with E-state index >= 15 is 0 Å². The fourth-order valence-electron chi connectivity index (χ4n) is 4.85. The van der Waals surface area contributed by atoms with Crippen LogP contribution in [-0.4, -0.2) is 80.6 Å². The molecule has 35 heavy (non-hydrogen) atoms. The van der Waals surface area contributed by atoms with Gasteiger partial charge in [-0.25, -0.2) is 9.18 Å². The number of piperazine rings is 1. The number of anilines is 1. The number of ether oxygens (including phenoxy) is 2. The van der Waals surface area contributed by atoms with Crippen molar-refractivity contribution in [1.29, 1.82) is 0 Å². The average molecular weight is 485 g/mol. The highest BCUT2D eigenvalue weighted by Crippen LogP contribution is 2.38. The van der Waals surface area contributed by atoms with Gasteiger partial charge in [0.1, 0.15) is 11.6 Å². The Labute approximate surface area is 202 Å². The quantitative estimate of drug-likeness (QED) is 0.577. The maximum Gasteiger partial charge on any atom is 0.404 e. The van der Waals surface area contributed by atoms with E-state index < -0.39 is 18.0 Å². The molecule has 0 bridgehead atoms. The van der Waals surface area contributed by atoms with Crippen molar-refractivity contribution < 1.29 is 28.6 Å². The summed E-state index contributed by atoms with van der Waals surface area (Å²) < 4.78 is 24.6. The second kappa shape index (κ2) is 10.1. The number of carbonyl (C=O) groups is 2. The van der Waals surface area contributed by atoms with Gasteiger partial charge in [-0.2, -0.15) is 0 Å². The highest BCUT2D eigenvalue weighted by atomic mass is 19.1. The molecule has 2 fully saturated rings. The molecule has 2 atom stereocenters. The Hall–Kier alpha value is -3.37. The van der Waals surface area contributed by atoms with Gasteiger partial charge in [0.15, 0.2) is 0 Å². The van der Waals surface area contributed by atoms with Gasteiger partial charge in [-0.05, 0) is 42.5 Å². The van der Waals surface area contributed by atoms with Crippen LogP contribution in [-0.2, 0) is 4.74 Å². The molecule has 0 aliphatic carbocycles. The van der Waals surface area contributed by atoms with Crippen molar-refractivity contribution >= 4 is 17.7 Å². The van der Waals surface area contributed by atoms with Gasteiger partial charge in [-0.15, -0.1) is 0 Å². The summed E-state index contributed by atoms with van der Waals surface area (Å²) in [5, 5.41) is 14.6. The number of benzene rings is 2. The first-order chi connectivity index (χ1) is 17.0. The minimum atomic E-state index is -1.14. The van der Waals surface area contributed by atoms with Crippen LogP contribution >= 0.6 is 0 Å². The van der Waals surface area contributed by atoms with Crippen molar-refractivity contribution in [2.75, 3.05) is 57.4 Å². The van der Waals surface area contributed by atoms with Crippen molar-refractivity contribution in [3.8, 4) is 5.75 Å². The highest BCUT2D eigenvalue weighted by Gasteiger charge is 2.34. The fourth-order valence-corrected chi connectivity index (χ4v) is 4.85. The summed E-state index contributed by atoms with van der Waals surface area (Å²) >= 11 is 0. The predicted octanol–water partition coefficient (Wildman–Crippen LogP) is 2.09. The molecule has 2 amide bonds. The third-order valence-electron chi connectivity index (χ3n) is 6.98. The maximum absolute atomic E-state index is 13.3. The van der Waals surface area contributed by atoms with E-state index in [1.807, 2.05) is 18.2 Å². The van der Waals surface area contributed by atoms with Gasteiger partial charge in [-0.3, -0.25) is 9.69 Å². The topological polar surface area (TPSA) is 103 Å². The zero-order chi connectivity index (χ0) is 24.4. The molecule has 186 valence electrons. The molecule has 3 aliphatic rings. The van der Waals surface area contributed by atoms with Crippen LogP contribution < -0.4 is 20.3 Å². The zero-order valence-corrected chi connectivity index (χ0v) is 19.3. The largest absolute Gasteiger partial charge is 0.493 e. The molecular weight excluding hydrogens is 455 g/mol. The molecule has 3 N–H and O–H groups in total. The molecule has 2 saturated heterocycles. The van der Waals surface area contributed by atoms with Crippen molar-refractivity contribution in [1.82, 2.24) is 15.5 Å². The second-order valence-corrected chi connectivity index (χ2v) is 9.15. The first-order valence-corrected chi connectivity index (χ1v) is 11.8. The van der Waals surface area contributed by atoms with E-state index in [-0.39, 0.29) is 25.0 Å². The smallest absolute Gasteiger partial charge is 0.404 e. The van der Waals surface area contributed by atoms with Crippen molar-refractivity contribution in [2.45, 2.75) is 12.1 Å². The molecule has 9 nitrogen and oxygen atoms in total. The summed E-state index contributed by atoms with van der Waals surface area (Å²) in [5.74, 6) is -0.426. The standard InChI is InChI=1S/C25H29FN4O5/c26-18-3-1-16(2-4-18)24(31)28-23-17(12-27-25(32)33)13-35-22-6-5-19(11-21(22)23)29-7-9-30(10-8-29)20-14-34-15-20/h1-6,11,17,20,23,27H,7-10,12-15H2,(H,28,31)(H,32,33). The Balaban J connectivity index is 1.37. The Morgan fingerprint density at radius 2 is 1.77 bits per heavy atom. The molecule has 2 unspecified atom stereocenters. The molecular formula is C25H29FN4O5. The van der Waals surface area contributed by atoms with E-state index in [4.69, 9.17) is 14.6 Å². The van der Waals surface area contributed by atoms with Crippen molar-refractivity contribution in [3.63, 3.8) is 0 Å². The van der Waals surface area contributed by atoms with E-state index in [0.29, 0.717) is 17.4 Å². The number of hydrogen-bond acceptors (Lipinski definition) is 6. The number of carbonyl (C=O) groups excluding carboxylic acids is 1. The van der Waals surface area contributed by atoms with E-state index in [0.717, 1.165) is 50.6 Å². The lowest BCUT2D eigenvalue weighted by Gasteiger charge is -2.43. The van der Waals surface area contributed by atoms with Crippen LogP contribution in [0.4, 0.5) is 14.9 Å². The molecule has 2 aromatic rings. The minimum absolute atomic E-state index is 0.121. The van der Waals surface area contributed by atoms with E-state index in [1.54, 1.807) is 0 Å². The highest BCUT2D eigenvalue weighted by molar-refractivity contribution is 5.94. The zero-order valence-electron chi connectivity index (χ0n) is 19.3. The lowest BCUT2D eigenvalue weighted by atomic mass is 9.89. The molecule has 0 saturated carbocycles. The number of amides is 2. The average Bonchev–Trinajstić information content (AvgIpc) is 2.83. The van der Waals surface area contributed by atoms with Gasteiger partial charge < -0.3 is 30.1 Å². The van der Waals surface area contributed by atoms with Crippen LogP contribution in [0.15, 0.2) is 42.5 Å². The fraction of sp³-hybridized carbons (Fsp3) is 0.440. The number of nitrogens with one attached hydrogen (secondary N) is 2. The molecule has 10 heteroatoms. The molecule has 0 radical (unpaired) electrons. The summed E-state index contributed by atoms with van der Waals surface area (Å²) in [5.41, 5.74) is 2.16. The van der Waals surface area contributed by atoms with Crippen LogP contribution in [0.1, 0.15) is 22.0 Å². The predicted molar refractivity (Wildman–Crippen MR) is 126 cm³/mol. The summed E-state index contributed by atoms with van der Waals surface area (Å²) in [4.78, 5) is 28.9. The Bertz CT molecular complexity index is 1070. The van der Waals surface area contributed by atoms with Crippen LogP contribution in [0.2, 0.25) is 0 Å². The lowest BCUT2D eigenvalue weighted by Crippen LogP contribution is -2.56. The van der Waals surface area contributed by atoms with Crippen LogP contribution in [0.25, 0.3) is 0 Å². The van der Waals surface area contributed by atoms with Crippen LogP contribution in [0, 0.1) is 11.7 Å². The molecule has 2 aromatic carbocycles. The number of carboxylic acid groups (broad SMARTS) is 1. The Kier molecular flexibility index (Phi) is 6.74. The third-order valence-corrected chi connectivity index (χ3v) is 6.98. The number of halogens is 1. The molecule has 3 aliphatic heterocycles. The molecule has 0 spiro atoms. The number of nitrogens with zero attached hydrogens (tertiary/aromatic N) is 2. The first kappa shape index (κ1) is 23.4. The van der Waals surface area contributed by atoms with Gasteiger partial charge in [0.25, 0.3) is 5.91 Å². The van der Waals surface area contributed by atoms with Gasteiger partial charge in [0, 0.05) is 55.5 Å². The summed E-state index contributed by atoms with van der Waals surface area (Å²) in [6.45, 7) is 5.65. The van der Waals surface area contributed by atoms with Gasteiger partial charge in [-0.1, -0.05) is 0 Å². The SMILES string of the molecule is O=C(O)NCC1COc2ccc(N3CCN(C4COC4)CC3)cc2C1NC(=O)c1ccc(F)cc1.